The van der Waals surface area contributed by atoms with Gasteiger partial charge in [-0.2, -0.15) is 13.2 Å². The van der Waals surface area contributed by atoms with Crippen molar-refractivity contribution in [3.05, 3.63) is 71.5 Å². The lowest BCUT2D eigenvalue weighted by atomic mass is 9.96. The molecule has 0 radical (unpaired) electrons. The Kier molecular flexibility index (Phi) is 10.6. The van der Waals surface area contributed by atoms with Gasteiger partial charge in [-0.05, 0) is 67.1 Å². The van der Waals surface area contributed by atoms with Crippen molar-refractivity contribution in [3.63, 3.8) is 0 Å². The van der Waals surface area contributed by atoms with E-state index in [-0.39, 0.29) is 23.7 Å². The molecule has 1 amide bonds. The van der Waals surface area contributed by atoms with Crippen molar-refractivity contribution >= 4 is 23.4 Å². The second-order valence-electron chi connectivity index (χ2n) is 10.6. The highest BCUT2D eigenvalue weighted by atomic mass is 19.4. The number of methoxy groups -OCH3 is 2. The van der Waals surface area contributed by atoms with Crippen LogP contribution in [-0.2, 0) is 9.53 Å². The van der Waals surface area contributed by atoms with E-state index in [0.717, 1.165) is 0 Å². The molecule has 0 aliphatic carbocycles. The standard InChI is InChI=1S/C31H35F3N4O6/c1-20-6-10-35-27(14-20)38(19-31(32,33)34)30(41)24-5-4-23(42-2)16-25(24)37-12-8-21(9-13-37)18-44-28-15-22(7-11-36-28)26(43-3)17-29(39)40/h4-7,10-11,14-16,21,26H,8-9,12-13,17-19H2,1-3H3,(H,39,40). The number of rotatable bonds is 12. The Morgan fingerprint density at radius 2 is 1.80 bits per heavy atom. The van der Waals surface area contributed by atoms with Crippen LogP contribution in [0, 0.1) is 12.8 Å². The van der Waals surface area contributed by atoms with E-state index in [0.29, 0.717) is 65.9 Å². The molecule has 0 saturated carbocycles. The first-order valence-electron chi connectivity index (χ1n) is 14.0. The Hall–Kier alpha value is -4.39. The Balaban J connectivity index is 1.48. The van der Waals surface area contributed by atoms with Gasteiger partial charge in [-0.25, -0.2) is 9.97 Å². The first-order valence-corrected chi connectivity index (χ1v) is 14.0. The van der Waals surface area contributed by atoms with E-state index in [4.69, 9.17) is 19.3 Å². The minimum absolute atomic E-state index is 0.0811. The summed E-state index contributed by atoms with van der Waals surface area (Å²) in [5.41, 5.74) is 1.91. The van der Waals surface area contributed by atoms with Crippen molar-refractivity contribution in [2.45, 2.75) is 38.5 Å². The number of hydrogen-bond acceptors (Lipinski definition) is 8. The van der Waals surface area contributed by atoms with Crippen LogP contribution in [0.25, 0.3) is 0 Å². The van der Waals surface area contributed by atoms with Crippen LogP contribution in [0.2, 0.25) is 0 Å². The molecule has 3 aromatic rings. The zero-order chi connectivity index (χ0) is 31.9. The van der Waals surface area contributed by atoms with Crippen molar-refractivity contribution in [2.75, 3.05) is 50.3 Å². The number of ether oxygens (including phenoxy) is 3. The molecule has 1 unspecified atom stereocenters. The normalized spacial score (nSPS) is 14.6. The molecular formula is C31H35F3N4O6. The molecule has 2 aromatic heterocycles. The Labute approximate surface area is 253 Å². The van der Waals surface area contributed by atoms with Gasteiger partial charge in [-0.3, -0.25) is 14.5 Å². The van der Waals surface area contributed by atoms with Gasteiger partial charge in [-0.1, -0.05) is 0 Å². The summed E-state index contributed by atoms with van der Waals surface area (Å²) in [4.78, 5) is 35.8. The monoisotopic (exact) mass is 616 g/mol. The van der Waals surface area contributed by atoms with Crippen LogP contribution in [0.1, 0.15) is 46.9 Å². The quantitative estimate of drug-likeness (QED) is 0.283. The number of carbonyl (C=O) groups is 2. The number of carboxylic acids is 1. The number of hydrogen-bond donors (Lipinski definition) is 1. The molecule has 44 heavy (non-hydrogen) atoms. The molecule has 1 fully saturated rings. The number of piperidine rings is 1. The molecule has 4 rings (SSSR count). The predicted molar refractivity (Wildman–Crippen MR) is 156 cm³/mol. The number of carbonyl (C=O) groups excluding carboxylic acids is 1. The number of aryl methyl sites for hydroxylation is 1. The highest BCUT2D eigenvalue weighted by molar-refractivity contribution is 6.09. The Morgan fingerprint density at radius 3 is 2.43 bits per heavy atom. The number of pyridine rings is 2. The molecular weight excluding hydrogens is 581 g/mol. The Bertz CT molecular complexity index is 1450. The van der Waals surface area contributed by atoms with Crippen LogP contribution in [0.5, 0.6) is 11.6 Å². The number of nitrogens with zero attached hydrogens (tertiary/aromatic N) is 4. The van der Waals surface area contributed by atoms with Gasteiger partial charge in [0, 0.05) is 44.7 Å². The van der Waals surface area contributed by atoms with Crippen LogP contribution < -0.4 is 19.3 Å². The third-order valence-corrected chi connectivity index (χ3v) is 7.39. The van der Waals surface area contributed by atoms with Gasteiger partial charge >= 0.3 is 12.1 Å². The smallest absolute Gasteiger partial charge is 0.406 e. The molecule has 13 heteroatoms. The number of benzene rings is 1. The summed E-state index contributed by atoms with van der Waals surface area (Å²) >= 11 is 0. The summed E-state index contributed by atoms with van der Waals surface area (Å²) < 4.78 is 57.4. The number of alkyl halides is 3. The zero-order valence-corrected chi connectivity index (χ0v) is 24.7. The molecule has 0 spiro atoms. The lowest BCUT2D eigenvalue weighted by Crippen LogP contribution is -2.41. The molecule has 0 bridgehead atoms. The molecule has 1 saturated heterocycles. The second kappa shape index (κ2) is 14.4. The van der Waals surface area contributed by atoms with E-state index in [1.807, 2.05) is 4.90 Å². The molecule has 1 aliphatic rings. The molecule has 1 atom stereocenters. The number of amides is 1. The number of carboxylic acid groups (broad SMARTS) is 1. The molecule has 10 nitrogen and oxygen atoms in total. The van der Waals surface area contributed by atoms with Crippen molar-refractivity contribution in [1.82, 2.24) is 9.97 Å². The summed E-state index contributed by atoms with van der Waals surface area (Å²) in [6, 6.07) is 11.1. The Morgan fingerprint density at radius 1 is 1.07 bits per heavy atom. The molecule has 1 N–H and O–H groups in total. The van der Waals surface area contributed by atoms with Crippen LogP contribution in [0.4, 0.5) is 24.7 Å². The van der Waals surface area contributed by atoms with E-state index >= 15 is 0 Å². The van der Waals surface area contributed by atoms with Crippen LogP contribution in [0.15, 0.2) is 54.9 Å². The number of aliphatic carboxylic acids is 1. The van der Waals surface area contributed by atoms with E-state index in [1.165, 1.54) is 38.7 Å². The maximum Gasteiger partial charge on any atom is 0.406 e. The number of halogens is 3. The van der Waals surface area contributed by atoms with E-state index in [9.17, 15) is 22.8 Å². The number of anilines is 2. The van der Waals surface area contributed by atoms with Crippen LogP contribution in [0.3, 0.4) is 0 Å². The highest BCUT2D eigenvalue weighted by Crippen LogP contribution is 2.33. The maximum absolute atomic E-state index is 13.7. The predicted octanol–water partition coefficient (Wildman–Crippen LogP) is 5.46. The zero-order valence-electron chi connectivity index (χ0n) is 24.7. The molecule has 236 valence electrons. The topological polar surface area (TPSA) is 114 Å². The number of aromatic nitrogens is 2. The molecule has 1 aliphatic heterocycles. The largest absolute Gasteiger partial charge is 0.497 e. The summed E-state index contributed by atoms with van der Waals surface area (Å²) in [5.74, 6) is -0.899. The van der Waals surface area contributed by atoms with E-state index in [1.54, 1.807) is 37.3 Å². The van der Waals surface area contributed by atoms with Gasteiger partial charge in [0.2, 0.25) is 5.88 Å². The first-order chi connectivity index (χ1) is 21.0. The third kappa shape index (κ3) is 8.59. The van der Waals surface area contributed by atoms with Crippen LogP contribution in [-0.4, -0.2) is 73.6 Å². The fourth-order valence-corrected chi connectivity index (χ4v) is 5.07. The van der Waals surface area contributed by atoms with Gasteiger partial charge in [0.05, 0.1) is 37.5 Å². The fourth-order valence-electron chi connectivity index (χ4n) is 5.07. The maximum atomic E-state index is 13.7. The van der Waals surface area contributed by atoms with Gasteiger partial charge in [0.1, 0.15) is 18.1 Å². The fraction of sp³-hybridized carbons (Fsp3) is 0.419. The van der Waals surface area contributed by atoms with Gasteiger partial charge in [0.15, 0.2) is 0 Å². The summed E-state index contributed by atoms with van der Waals surface area (Å²) in [6.45, 7) is 1.66. The van der Waals surface area contributed by atoms with Crippen LogP contribution >= 0.6 is 0 Å². The van der Waals surface area contributed by atoms with E-state index in [2.05, 4.69) is 9.97 Å². The minimum atomic E-state index is -4.64. The minimum Gasteiger partial charge on any atom is -0.497 e. The van der Waals surface area contributed by atoms with Crippen molar-refractivity contribution in [3.8, 4) is 11.6 Å². The first kappa shape index (κ1) is 32.5. The average Bonchev–Trinajstić information content (AvgIpc) is 3.00. The second-order valence-corrected chi connectivity index (χ2v) is 10.6. The average molecular weight is 617 g/mol. The lowest BCUT2D eigenvalue weighted by molar-refractivity contribution is -0.139. The molecule has 3 heterocycles. The van der Waals surface area contributed by atoms with Crippen molar-refractivity contribution in [1.29, 1.82) is 0 Å². The van der Waals surface area contributed by atoms with Crippen molar-refractivity contribution in [2.24, 2.45) is 5.92 Å². The lowest BCUT2D eigenvalue weighted by Gasteiger charge is -2.35. The third-order valence-electron chi connectivity index (χ3n) is 7.39. The summed E-state index contributed by atoms with van der Waals surface area (Å²) in [6.07, 6.45) is -1.16. The van der Waals surface area contributed by atoms with Gasteiger partial charge in [-0.15, -0.1) is 0 Å². The summed E-state index contributed by atoms with van der Waals surface area (Å²) in [5, 5.41) is 9.13. The molecule has 1 aromatic carbocycles. The van der Waals surface area contributed by atoms with Gasteiger partial charge < -0.3 is 24.2 Å². The van der Waals surface area contributed by atoms with E-state index < -0.39 is 30.7 Å². The van der Waals surface area contributed by atoms with Crippen molar-refractivity contribution < 1.29 is 42.1 Å². The SMILES string of the molecule is COc1ccc(C(=O)N(CC(F)(F)F)c2cc(C)ccn2)c(N2CCC(COc3cc(C(CC(=O)O)OC)ccn3)CC2)c1. The summed E-state index contributed by atoms with van der Waals surface area (Å²) in [7, 11) is 2.92. The van der Waals surface area contributed by atoms with Gasteiger partial charge in [0.25, 0.3) is 5.91 Å². The highest BCUT2D eigenvalue weighted by Gasteiger charge is 2.36.